The van der Waals surface area contributed by atoms with Crippen LogP contribution in [0.15, 0.2) is 18.2 Å². The van der Waals surface area contributed by atoms with Crippen molar-refractivity contribution in [1.29, 1.82) is 0 Å². The lowest BCUT2D eigenvalue weighted by Gasteiger charge is -2.13. The van der Waals surface area contributed by atoms with Crippen LogP contribution in [0.3, 0.4) is 0 Å². The first-order valence-corrected chi connectivity index (χ1v) is 6.20. The van der Waals surface area contributed by atoms with Crippen LogP contribution < -0.4 is 5.32 Å². The van der Waals surface area contributed by atoms with Crippen LogP contribution in [0.2, 0.25) is 5.02 Å². The zero-order valence-electron chi connectivity index (χ0n) is 9.47. The Kier molecular flexibility index (Phi) is 3.82. The molecule has 1 saturated carbocycles. The van der Waals surface area contributed by atoms with Crippen molar-refractivity contribution >= 4 is 11.6 Å². The van der Waals surface area contributed by atoms with Gasteiger partial charge in [0.05, 0.1) is 0 Å². The average molecular weight is 242 g/mol. The smallest absolute Gasteiger partial charge is 0.126 e. The van der Waals surface area contributed by atoms with Gasteiger partial charge in [0.15, 0.2) is 0 Å². The van der Waals surface area contributed by atoms with E-state index in [0.717, 1.165) is 18.5 Å². The van der Waals surface area contributed by atoms with Gasteiger partial charge in [-0.1, -0.05) is 18.5 Å². The van der Waals surface area contributed by atoms with Gasteiger partial charge in [0.2, 0.25) is 0 Å². The summed E-state index contributed by atoms with van der Waals surface area (Å²) >= 11 is 5.86. The summed E-state index contributed by atoms with van der Waals surface area (Å²) in [7, 11) is 0. The molecule has 1 unspecified atom stereocenters. The molecule has 88 valence electrons. The van der Waals surface area contributed by atoms with Crippen LogP contribution in [-0.4, -0.2) is 12.6 Å². The molecule has 0 aliphatic heterocycles. The lowest BCUT2D eigenvalue weighted by molar-refractivity contribution is 0.495. The van der Waals surface area contributed by atoms with Gasteiger partial charge in [-0.05, 0) is 55.5 Å². The van der Waals surface area contributed by atoms with Crippen molar-refractivity contribution in [1.82, 2.24) is 5.32 Å². The van der Waals surface area contributed by atoms with Gasteiger partial charge in [-0.3, -0.25) is 0 Å². The van der Waals surface area contributed by atoms with Crippen molar-refractivity contribution in [2.45, 2.75) is 32.2 Å². The molecule has 0 heterocycles. The molecular formula is C13H17ClFN. The molecule has 1 aliphatic rings. The van der Waals surface area contributed by atoms with Gasteiger partial charge in [-0.2, -0.15) is 0 Å². The molecule has 1 N–H and O–H groups in total. The number of benzene rings is 1. The molecule has 1 atom stereocenters. The molecule has 1 nitrogen and oxygen atoms in total. The second-order valence-corrected chi connectivity index (χ2v) is 5.16. The Morgan fingerprint density at radius 2 is 2.25 bits per heavy atom. The molecule has 0 spiro atoms. The summed E-state index contributed by atoms with van der Waals surface area (Å²) in [6, 6.07) is 5.48. The highest BCUT2D eigenvalue weighted by Crippen LogP contribution is 2.21. The van der Waals surface area contributed by atoms with Crippen LogP contribution in [-0.2, 0) is 6.42 Å². The van der Waals surface area contributed by atoms with E-state index in [0.29, 0.717) is 17.0 Å². The van der Waals surface area contributed by atoms with E-state index < -0.39 is 0 Å². The van der Waals surface area contributed by atoms with E-state index in [-0.39, 0.29) is 5.82 Å². The third kappa shape index (κ3) is 3.46. The Bertz CT molecular complexity index is 363. The summed E-state index contributed by atoms with van der Waals surface area (Å²) < 4.78 is 13.5. The molecular weight excluding hydrogens is 225 g/mol. The highest BCUT2D eigenvalue weighted by atomic mass is 35.5. The molecule has 16 heavy (non-hydrogen) atoms. The molecule has 1 aromatic carbocycles. The van der Waals surface area contributed by atoms with Gasteiger partial charge in [0.1, 0.15) is 5.82 Å². The van der Waals surface area contributed by atoms with Crippen molar-refractivity contribution < 1.29 is 4.39 Å². The van der Waals surface area contributed by atoms with E-state index in [1.54, 1.807) is 12.1 Å². The van der Waals surface area contributed by atoms with Crippen LogP contribution in [0.1, 0.15) is 25.3 Å². The quantitative estimate of drug-likeness (QED) is 0.833. The maximum absolute atomic E-state index is 13.5. The molecule has 1 fully saturated rings. The summed E-state index contributed by atoms with van der Waals surface area (Å²) in [5.41, 5.74) is 0.720. The Hall–Kier alpha value is -0.600. The molecule has 1 aliphatic carbocycles. The summed E-state index contributed by atoms with van der Waals surface area (Å²) in [5, 5.41) is 4.07. The van der Waals surface area contributed by atoms with E-state index in [2.05, 4.69) is 12.2 Å². The second kappa shape index (κ2) is 5.15. The van der Waals surface area contributed by atoms with Crippen LogP contribution in [0.25, 0.3) is 0 Å². The van der Waals surface area contributed by atoms with Gasteiger partial charge in [-0.15, -0.1) is 0 Å². The monoisotopic (exact) mass is 241 g/mol. The third-order valence-electron chi connectivity index (χ3n) is 2.91. The van der Waals surface area contributed by atoms with Crippen molar-refractivity contribution in [3.8, 4) is 0 Å². The summed E-state index contributed by atoms with van der Waals surface area (Å²) in [6.07, 6.45) is 3.32. The molecule has 2 rings (SSSR count). The van der Waals surface area contributed by atoms with Gasteiger partial charge in [0.25, 0.3) is 0 Å². The average Bonchev–Trinajstić information content (AvgIpc) is 3.04. The van der Waals surface area contributed by atoms with Gasteiger partial charge < -0.3 is 5.32 Å². The highest BCUT2D eigenvalue weighted by molar-refractivity contribution is 6.30. The molecule has 0 aromatic heterocycles. The van der Waals surface area contributed by atoms with Gasteiger partial charge in [0, 0.05) is 11.1 Å². The largest absolute Gasteiger partial charge is 0.314 e. The molecule has 0 radical (unpaired) electrons. The number of hydrogen-bond acceptors (Lipinski definition) is 1. The van der Waals surface area contributed by atoms with E-state index in [1.807, 2.05) is 0 Å². The third-order valence-corrected chi connectivity index (χ3v) is 3.14. The molecule has 1 aromatic rings. The van der Waals surface area contributed by atoms with Crippen molar-refractivity contribution in [3.63, 3.8) is 0 Å². The summed E-state index contributed by atoms with van der Waals surface area (Å²) in [4.78, 5) is 0. The molecule has 0 amide bonds. The van der Waals surface area contributed by atoms with Crippen LogP contribution in [0, 0.1) is 11.7 Å². The number of nitrogens with one attached hydrogen (secondary N) is 1. The van der Waals surface area contributed by atoms with Crippen LogP contribution >= 0.6 is 11.6 Å². The van der Waals surface area contributed by atoms with Crippen molar-refractivity contribution in [2.75, 3.05) is 6.54 Å². The van der Waals surface area contributed by atoms with Crippen molar-refractivity contribution in [3.05, 3.63) is 34.6 Å². The van der Waals surface area contributed by atoms with Crippen LogP contribution in [0.4, 0.5) is 4.39 Å². The van der Waals surface area contributed by atoms with Gasteiger partial charge in [-0.25, -0.2) is 4.39 Å². The fourth-order valence-electron chi connectivity index (χ4n) is 1.80. The predicted molar refractivity (Wildman–Crippen MR) is 65.3 cm³/mol. The minimum Gasteiger partial charge on any atom is -0.314 e. The van der Waals surface area contributed by atoms with Crippen molar-refractivity contribution in [2.24, 2.45) is 5.92 Å². The van der Waals surface area contributed by atoms with Gasteiger partial charge >= 0.3 is 0 Å². The maximum atomic E-state index is 13.5. The topological polar surface area (TPSA) is 12.0 Å². The highest BCUT2D eigenvalue weighted by Gasteiger charge is 2.21. The summed E-state index contributed by atoms with van der Waals surface area (Å²) in [6.45, 7) is 3.09. The second-order valence-electron chi connectivity index (χ2n) is 4.73. The van der Waals surface area contributed by atoms with E-state index in [1.165, 1.54) is 18.9 Å². The fourth-order valence-corrected chi connectivity index (χ4v) is 2.00. The fraction of sp³-hybridized carbons (Fsp3) is 0.538. The summed E-state index contributed by atoms with van der Waals surface area (Å²) in [5.74, 6) is 0.288. The normalized spacial score (nSPS) is 17.4. The minimum atomic E-state index is -0.150. The minimum absolute atomic E-state index is 0.150. The maximum Gasteiger partial charge on any atom is 0.126 e. The number of rotatable bonds is 5. The zero-order chi connectivity index (χ0) is 11.5. The Morgan fingerprint density at radius 3 is 2.94 bits per heavy atom. The first kappa shape index (κ1) is 11.9. The predicted octanol–water partition coefficient (Wildman–Crippen LogP) is 3.41. The Labute approximate surface area is 101 Å². The first-order chi connectivity index (χ1) is 7.65. The molecule has 0 bridgehead atoms. The number of hydrogen-bond donors (Lipinski definition) is 1. The zero-order valence-corrected chi connectivity index (χ0v) is 10.2. The lowest BCUT2D eigenvalue weighted by atomic mass is 10.0. The van der Waals surface area contributed by atoms with E-state index in [9.17, 15) is 4.39 Å². The standard InChI is InChI=1S/C13H17ClFN/c1-9(8-16-12-3-4-12)6-10-7-11(14)2-5-13(10)15/h2,5,7,9,12,16H,3-4,6,8H2,1H3. The molecule has 0 saturated heterocycles. The lowest BCUT2D eigenvalue weighted by Crippen LogP contribution is -2.24. The van der Waals surface area contributed by atoms with Crippen LogP contribution in [0.5, 0.6) is 0 Å². The molecule has 3 heteroatoms. The van der Waals surface area contributed by atoms with E-state index in [4.69, 9.17) is 11.6 Å². The first-order valence-electron chi connectivity index (χ1n) is 5.82. The Morgan fingerprint density at radius 1 is 1.50 bits per heavy atom. The number of halogens is 2. The SMILES string of the molecule is CC(CNC1CC1)Cc1cc(Cl)ccc1F. The Balaban J connectivity index is 1.88. The van der Waals surface area contributed by atoms with E-state index >= 15 is 0 Å².